The molecule has 0 spiro atoms. The third-order valence-corrected chi connectivity index (χ3v) is 2.28. The van der Waals surface area contributed by atoms with Crippen LogP contribution in [0.1, 0.15) is 17.5 Å². The number of esters is 1. The zero-order chi connectivity index (χ0) is 13.8. The topological polar surface area (TPSA) is 98.5 Å². The molecule has 2 heterocycles. The van der Waals surface area contributed by atoms with Crippen LogP contribution in [0.5, 0.6) is 0 Å². The molecule has 1 amide bonds. The first kappa shape index (κ1) is 13.2. The Balaban J connectivity index is 2.07. The van der Waals surface area contributed by atoms with E-state index in [1.807, 2.05) is 0 Å². The number of aromatic nitrogens is 4. The summed E-state index contributed by atoms with van der Waals surface area (Å²) in [6.07, 6.45) is 0. The number of nitrogens with one attached hydrogen (secondary N) is 1. The molecule has 2 aromatic rings. The molecule has 9 heteroatoms. The Kier molecular flexibility index (Phi) is 3.91. The van der Waals surface area contributed by atoms with Gasteiger partial charge in [-0.3, -0.25) is 9.59 Å². The molecule has 1 N–H and O–H groups in total. The molecular weight excluding hydrogens is 274 g/mol. The molecule has 0 aliphatic carbocycles. The van der Waals surface area contributed by atoms with Gasteiger partial charge in [0, 0.05) is 0 Å². The molecule has 100 valence electrons. The van der Waals surface area contributed by atoms with Crippen LogP contribution in [0.4, 0.5) is 0 Å². The highest BCUT2D eigenvalue weighted by Crippen LogP contribution is 2.05. The molecule has 0 atom stereocenters. The highest BCUT2D eigenvalue weighted by molar-refractivity contribution is 6.29. The summed E-state index contributed by atoms with van der Waals surface area (Å²) in [6, 6.07) is 3.11. The van der Waals surface area contributed by atoms with Crippen LogP contribution in [0.15, 0.2) is 12.1 Å². The van der Waals surface area contributed by atoms with Crippen molar-refractivity contribution in [2.45, 2.75) is 6.92 Å². The second-order valence-electron chi connectivity index (χ2n) is 3.43. The van der Waals surface area contributed by atoms with Crippen molar-refractivity contribution in [2.75, 3.05) is 13.2 Å². The summed E-state index contributed by atoms with van der Waals surface area (Å²) in [5, 5.41) is 10.3. The number of amides is 1. The maximum atomic E-state index is 11.7. The Morgan fingerprint density at radius 2 is 2.21 bits per heavy atom. The minimum absolute atomic E-state index is 0.0981. The molecular formula is C10H10ClN5O3. The number of carbonyl (C=O) groups excluding carboxylic acids is 2. The molecule has 0 bridgehead atoms. The molecule has 8 nitrogen and oxygen atoms in total. The average molecular weight is 284 g/mol. The number of fused-ring (bicyclic) bond motifs is 1. The first-order chi connectivity index (χ1) is 9.10. The monoisotopic (exact) mass is 283 g/mol. The van der Waals surface area contributed by atoms with Crippen LogP contribution in [0.25, 0.3) is 5.65 Å². The van der Waals surface area contributed by atoms with E-state index in [0.29, 0.717) is 5.65 Å². The maximum Gasteiger partial charge on any atom is 0.325 e. The maximum absolute atomic E-state index is 11.7. The van der Waals surface area contributed by atoms with E-state index in [1.165, 1.54) is 6.07 Å². The summed E-state index contributed by atoms with van der Waals surface area (Å²) < 4.78 is 5.81. The Morgan fingerprint density at radius 1 is 1.42 bits per heavy atom. The molecule has 0 aliphatic heterocycles. The zero-order valence-electron chi connectivity index (χ0n) is 9.96. The van der Waals surface area contributed by atoms with E-state index in [0.717, 1.165) is 4.63 Å². The third-order valence-electron chi connectivity index (χ3n) is 2.08. The van der Waals surface area contributed by atoms with E-state index in [2.05, 4.69) is 25.2 Å². The number of rotatable bonds is 4. The number of ether oxygens (including phenoxy) is 1. The van der Waals surface area contributed by atoms with E-state index >= 15 is 0 Å². The molecule has 0 saturated heterocycles. The predicted molar refractivity (Wildman–Crippen MR) is 64.8 cm³/mol. The van der Waals surface area contributed by atoms with E-state index in [4.69, 9.17) is 11.6 Å². The molecule has 0 aromatic carbocycles. The molecule has 2 aromatic heterocycles. The largest absolute Gasteiger partial charge is 0.465 e. The van der Waals surface area contributed by atoms with Gasteiger partial charge in [-0.1, -0.05) is 11.6 Å². The van der Waals surface area contributed by atoms with Gasteiger partial charge in [0.1, 0.15) is 6.54 Å². The fourth-order valence-corrected chi connectivity index (χ4v) is 1.44. The van der Waals surface area contributed by atoms with E-state index < -0.39 is 11.9 Å². The molecule has 0 unspecified atom stereocenters. The summed E-state index contributed by atoms with van der Waals surface area (Å²) in [5.74, 6) is -1.21. The van der Waals surface area contributed by atoms with Crippen molar-refractivity contribution >= 4 is 29.1 Å². The van der Waals surface area contributed by atoms with Crippen LogP contribution in [-0.4, -0.2) is 44.8 Å². The van der Waals surface area contributed by atoms with Crippen molar-refractivity contribution in [3.05, 3.63) is 23.1 Å². The number of carbonyl (C=O) groups is 2. The normalized spacial score (nSPS) is 10.4. The SMILES string of the molecule is CCOC(=O)CNC(=O)c1nc2ccc(Cl)nn2n1. The molecule has 2 rings (SSSR count). The predicted octanol–water partition coefficient (Wildman–Crippen LogP) is 0.0706. The average Bonchev–Trinajstić information content (AvgIpc) is 2.79. The van der Waals surface area contributed by atoms with E-state index in [-0.39, 0.29) is 24.1 Å². The van der Waals surface area contributed by atoms with Gasteiger partial charge in [0.15, 0.2) is 10.8 Å². The Morgan fingerprint density at radius 3 is 2.95 bits per heavy atom. The van der Waals surface area contributed by atoms with Crippen LogP contribution in [0.3, 0.4) is 0 Å². The molecule has 0 aliphatic rings. The van der Waals surface area contributed by atoms with Gasteiger partial charge in [-0.05, 0) is 19.1 Å². The van der Waals surface area contributed by atoms with Crippen molar-refractivity contribution in [2.24, 2.45) is 0 Å². The van der Waals surface area contributed by atoms with Crippen LogP contribution in [-0.2, 0) is 9.53 Å². The standard InChI is InChI=1S/C10H10ClN5O3/c1-2-19-8(17)5-12-10(18)9-13-7-4-3-6(11)14-16(7)15-9/h3-4H,2,5H2,1H3,(H,12,18). The lowest BCUT2D eigenvalue weighted by Crippen LogP contribution is -2.31. The second kappa shape index (κ2) is 5.61. The van der Waals surface area contributed by atoms with Gasteiger partial charge < -0.3 is 10.1 Å². The molecule has 0 fully saturated rings. The highest BCUT2D eigenvalue weighted by atomic mass is 35.5. The fraction of sp³-hybridized carbons (Fsp3) is 0.300. The molecule has 19 heavy (non-hydrogen) atoms. The van der Waals surface area contributed by atoms with Gasteiger partial charge in [-0.15, -0.1) is 14.8 Å². The van der Waals surface area contributed by atoms with Gasteiger partial charge in [-0.25, -0.2) is 4.98 Å². The third kappa shape index (κ3) is 3.16. The zero-order valence-corrected chi connectivity index (χ0v) is 10.7. The van der Waals surface area contributed by atoms with Crippen LogP contribution < -0.4 is 5.32 Å². The van der Waals surface area contributed by atoms with Crippen molar-refractivity contribution in [1.82, 2.24) is 25.1 Å². The van der Waals surface area contributed by atoms with Gasteiger partial charge in [-0.2, -0.15) is 0 Å². The fourth-order valence-electron chi connectivity index (χ4n) is 1.30. The highest BCUT2D eigenvalue weighted by Gasteiger charge is 2.14. The minimum atomic E-state index is -0.588. The van der Waals surface area contributed by atoms with Crippen LogP contribution in [0, 0.1) is 0 Å². The van der Waals surface area contributed by atoms with Gasteiger partial charge >= 0.3 is 5.97 Å². The van der Waals surface area contributed by atoms with Crippen LogP contribution in [0.2, 0.25) is 5.15 Å². The van der Waals surface area contributed by atoms with Gasteiger partial charge in [0.05, 0.1) is 6.61 Å². The number of hydrogen-bond donors (Lipinski definition) is 1. The molecule has 0 radical (unpaired) electrons. The quantitative estimate of drug-likeness (QED) is 0.797. The number of hydrogen-bond acceptors (Lipinski definition) is 6. The number of nitrogens with zero attached hydrogens (tertiary/aromatic N) is 4. The van der Waals surface area contributed by atoms with E-state index in [1.54, 1.807) is 13.0 Å². The van der Waals surface area contributed by atoms with Crippen LogP contribution >= 0.6 is 11.6 Å². The van der Waals surface area contributed by atoms with Crippen molar-refractivity contribution in [1.29, 1.82) is 0 Å². The summed E-state index contributed by atoms with van der Waals surface area (Å²) in [6.45, 7) is 1.69. The lowest BCUT2D eigenvalue weighted by atomic mass is 10.5. The second-order valence-corrected chi connectivity index (χ2v) is 3.81. The summed E-state index contributed by atoms with van der Waals surface area (Å²) in [7, 11) is 0. The summed E-state index contributed by atoms with van der Waals surface area (Å²) in [4.78, 5) is 26.7. The Bertz CT molecular complexity index is 627. The minimum Gasteiger partial charge on any atom is -0.465 e. The van der Waals surface area contributed by atoms with Crippen molar-refractivity contribution < 1.29 is 14.3 Å². The summed E-state index contributed by atoms with van der Waals surface area (Å²) in [5.41, 5.74) is 0.380. The van der Waals surface area contributed by atoms with Gasteiger partial charge in [0.25, 0.3) is 5.91 Å². The van der Waals surface area contributed by atoms with Crippen molar-refractivity contribution in [3.8, 4) is 0 Å². The first-order valence-corrected chi connectivity index (χ1v) is 5.81. The van der Waals surface area contributed by atoms with Gasteiger partial charge in [0.2, 0.25) is 5.82 Å². The first-order valence-electron chi connectivity index (χ1n) is 5.43. The van der Waals surface area contributed by atoms with E-state index in [9.17, 15) is 9.59 Å². The Hall–Kier alpha value is -2.22. The lowest BCUT2D eigenvalue weighted by Gasteiger charge is -2.01. The van der Waals surface area contributed by atoms with Crippen molar-refractivity contribution in [3.63, 3.8) is 0 Å². The smallest absolute Gasteiger partial charge is 0.325 e. The lowest BCUT2D eigenvalue weighted by molar-refractivity contribution is -0.141. The molecule has 0 saturated carbocycles. The Labute approximate surface area is 112 Å². The summed E-state index contributed by atoms with van der Waals surface area (Å²) >= 11 is 5.68. The number of halogens is 1.